The molecule has 1 aromatic carbocycles. The van der Waals surface area contributed by atoms with Gasteiger partial charge in [-0.05, 0) is 18.6 Å². The number of hydrogen-bond acceptors (Lipinski definition) is 5. The van der Waals surface area contributed by atoms with Crippen LogP contribution in [0.4, 0.5) is 15.6 Å². The number of carbonyl (C=O) groups excluding carboxylic acids is 1. The van der Waals surface area contributed by atoms with Crippen molar-refractivity contribution in [1.29, 1.82) is 0 Å². The van der Waals surface area contributed by atoms with Crippen molar-refractivity contribution in [2.75, 3.05) is 10.2 Å². The second-order valence-corrected chi connectivity index (χ2v) is 5.79. The van der Waals surface area contributed by atoms with Crippen molar-refractivity contribution in [3.8, 4) is 0 Å². The van der Waals surface area contributed by atoms with Crippen molar-refractivity contribution < 1.29 is 14.7 Å². The minimum atomic E-state index is -1.03. The van der Waals surface area contributed by atoms with Crippen LogP contribution in [-0.2, 0) is 11.2 Å². The standard InChI is InChI=1S/C13H12N4O3S/c1-7-15-16-12(21-7)14-13(20)17-9-5-3-2-4-8(9)6-10(17)11(18)19/h2-5,10H,6H2,1H3,(H,18,19)(H,14,16,20)/t10-/m0/s1. The molecule has 0 saturated carbocycles. The first kappa shape index (κ1) is 13.5. The van der Waals surface area contributed by atoms with Crippen LogP contribution in [-0.4, -0.2) is 33.3 Å². The molecule has 2 aromatic rings. The van der Waals surface area contributed by atoms with E-state index in [0.29, 0.717) is 17.2 Å². The molecule has 1 aromatic heterocycles. The van der Waals surface area contributed by atoms with Crippen LogP contribution in [0.1, 0.15) is 10.6 Å². The number of nitrogens with one attached hydrogen (secondary N) is 1. The number of benzene rings is 1. The van der Waals surface area contributed by atoms with Crippen molar-refractivity contribution in [3.63, 3.8) is 0 Å². The van der Waals surface area contributed by atoms with Crippen LogP contribution in [0.2, 0.25) is 0 Å². The van der Waals surface area contributed by atoms with Gasteiger partial charge in [-0.25, -0.2) is 9.59 Å². The normalized spacial score (nSPS) is 16.6. The summed E-state index contributed by atoms with van der Waals surface area (Å²) in [6.45, 7) is 1.78. The summed E-state index contributed by atoms with van der Waals surface area (Å²) in [5.41, 5.74) is 1.46. The number of aromatic nitrogens is 2. The van der Waals surface area contributed by atoms with Crippen molar-refractivity contribution >= 4 is 34.2 Å². The number of carboxylic acids is 1. The third-order valence-corrected chi connectivity index (χ3v) is 3.97. The predicted octanol–water partition coefficient (Wildman–Crippen LogP) is 1.89. The lowest BCUT2D eigenvalue weighted by atomic mass is 10.1. The first-order valence-electron chi connectivity index (χ1n) is 6.27. The first-order chi connectivity index (χ1) is 10.1. The molecule has 2 amide bonds. The fraction of sp³-hybridized carbons (Fsp3) is 0.231. The molecule has 108 valence electrons. The Bertz CT molecular complexity index is 715. The van der Waals surface area contributed by atoms with Crippen LogP contribution in [0, 0.1) is 6.92 Å². The van der Waals surface area contributed by atoms with E-state index in [-0.39, 0.29) is 0 Å². The molecule has 1 atom stereocenters. The van der Waals surface area contributed by atoms with Crippen molar-refractivity contribution in [2.45, 2.75) is 19.4 Å². The smallest absolute Gasteiger partial charge is 0.328 e. The Hall–Kier alpha value is -2.48. The Kier molecular flexibility index (Phi) is 3.30. The molecule has 1 aliphatic rings. The lowest BCUT2D eigenvalue weighted by molar-refractivity contribution is -0.138. The number of urea groups is 1. The van der Waals surface area contributed by atoms with E-state index in [0.717, 1.165) is 10.6 Å². The van der Waals surface area contributed by atoms with Crippen LogP contribution in [0.3, 0.4) is 0 Å². The number of nitrogens with zero attached hydrogens (tertiary/aromatic N) is 3. The fourth-order valence-corrected chi connectivity index (χ4v) is 2.91. The molecule has 7 nitrogen and oxygen atoms in total. The summed E-state index contributed by atoms with van der Waals surface area (Å²) in [5, 5.41) is 20.6. The molecule has 3 rings (SSSR count). The fourth-order valence-electron chi connectivity index (χ4n) is 2.33. The van der Waals surface area contributed by atoms with E-state index in [2.05, 4.69) is 15.5 Å². The Labute approximate surface area is 124 Å². The largest absolute Gasteiger partial charge is 0.480 e. The van der Waals surface area contributed by atoms with Gasteiger partial charge in [-0.1, -0.05) is 29.5 Å². The molecule has 0 unspecified atom stereocenters. The SMILES string of the molecule is Cc1nnc(NC(=O)N2c3ccccc3C[C@H]2C(=O)O)s1. The number of fused-ring (bicyclic) bond motifs is 1. The number of rotatable bonds is 2. The number of hydrogen-bond donors (Lipinski definition) is 2. The van der Waals surface area contributed by atoms with Gasteiger partial charge < -0.3 is 5.11 Å². The number of carboxylic acid groups (broad SMARTS) is 1. The van der Waals surface area contributed by atoms with Gasteiger partial charge in [0.25, 0.3) is 0 Å². The average molecular weight is 304 g/mol. The molecule has 0 saturated heterocycles. The van der Waals surface area contributed by atoms with Crippen LogP contribution in [0.5, 0.6) is 0 Å². The van der Waals surface area contributed by atoms with Crippen LogP contribution < -0.4 is 10.2 Å². The zero-order chi connectivity index (χ0) is 15.0. The minimum Gasteiger partial charge on any atom is -0.480 e. The van der Waals surface area contributed by atoms with Gasteiger partial charge in [0.2, 0.25) is 5.13 Å². The number of anilines is 2. The average Bonchev–Trinajstić information content (AvgIpc) is 3.02. The number of para-hydroxylation sites is 1. The van der Waals surface area contributed by atoms with Gasteiger partial charge in [-0.15, -0.1) is 10.2 Å². The van der Waals surface area contributed by atoms with E-state index in [1.807, 2.05) is 12.1 Å². The summed E-state index contributed by atoms with van der Waals surface area (Å²) in [4.78, 5) is 25.0. The Morgan fingerprint density at radius 3 is 2.81 bits per heavy atom. The molecule has 8 heteroatoms. The monoisotopic (exact) mass is 304 g/mol. The van der Waals surface area contributed by atoms with Crippen molar-refractivity contribution in [3.05, 3.63) is 34.8 Å². The van der Waals surface area contributed by atoms with Crippen LogP contribution in [0.15, 0.2) is 24.3 Å². The molecule has 2 heterocycles. The molecule has 0 spiro atoms. The number of amides is 2. The van der Waals surface area contributed by atoms with Gasteiger partial charge in [0, 0.05) is 12.1 Å². The van der Waals surface area contributed by atoms with E-state index >= 15 is 0 Å². The van der Waals surface area contributed by atoms with E-state index in [4.69, 9.17) is 0 Å². The van der Waals surface area contributed by atoms with Gasteiger partial charge in [-0.2, -0.15) is 0 Å². The zero-order valence-electron chi connectivity index (χ0n) is 11.1. The highest BCUT2D eigenvalue weighted by molar-refractivity contribution is 7.15. The molecular weight excluding hydrogens is 292 g/mol. The maximum atomic E-state index is 12.4. The molecule has 2 N–H and O–H groups in total. The summed E-state index contributed by atoms with van der Waals surface area (Å²) in [5.74, 6) is -1.03. The second kappa shape index (κ2) is 5.13. The minimum absolute atomic E-state index is 0.300. The summed E-state index contributed by atoms with van der Waals surface area (Å²) >= 11 is 1.24. The maximum Gasteiger partial charge on any atom is 0.328 e. The summed E-state index contributed by atoms with van der Waals surface area (Å²) in [6, 6.07) is 5.75. The molecule has 0 aliphatic carbocycles. The topological polar surface area (TPSA) is 95.4 Å². The van der Waals surface area contributed by atoms with Gasteiger partial charge in [0.1, 0.15) is 11.0 Å². The van der Waals surface area contributed by atoms with Crippen LogP contribution in [0.25, 0.3) is 0 Å². The first-order valence-corrected chi connectivity index (χ1v) is 7.09. The summed E-state index contributed by atoms with van der Waals surface area (Å²) in [6.07, 6.45) is 0.300. The molecule has 0 fully saturated rings. The van der Waals surface area contributed by atoms with Crippen LogP contribution >= 0.6 is 11.3 Å². The summed E-state index contributed by atoms with van der Waals surface area (Å²) < 4.78 is 0. The highest BCUT2D eigenvalue weighted by Crippen LogP contribution is 2.32. The Morgan fingerprint density at radius 1 is 1.38 bits per heavy atom. The number of aliphatic carboxylic acids is 1. The summed E-state index contributed by atoms with van der Waals surface area (Å²) in [7, 11) is 0. The Balaban J connectivity index is 1.90. The van der Waals surface area contributed by atoms with E-state index in [9.17, 15) is 14.7 Å². The highest BCUT2D eigenvalue weighted by atomic mass is 32.1. The van der Waals surface area contributed by atoms with Crippen molar-refractivity contribution in [1.82, 2.24) is 10.2 Å². The second-order valence-electron chi connectivity index (χ2n) is 4.61. The number of carbonyl (C=O) groups is 2. The van der Waals surface area contributed by atoms with Crippen molar-refractivity contribution in [2.24, 2.45) is 0 Å². The third kappa shape index (κ3) is 2.45. The van der Waals surface area contributed by atoms with Gasteiger partial charge in [-0.3, -0.25) is 10.2 Å². The van der Waals surface area contributed by atoms with Gasteiger partial charge >= 0.3 is 12.0 Å². The quantitative estimate of drug-likeness (QED) is 0.883. The van der Waals surface area contributed by atoms with E-state index in [1.54, 1.807) is 19.1 Å². The third-order valence-electron chi connectivity index (χ3n) is 3.22. The molecule has 0 radical (unpaired) electrons. The highest BCUT2D eigenvalue weighted by Gasteiger charge is 2.38. The predicted molar refractivity (Wildman–Crippen MR) is 77.7 cm³/mol. The molecule has 21 heavy (non-hydrogen) atoms. The van der Waals surface area contributed by atoms with E-state index < -0.39 is 18.0 Å². The Morgan fingerprint density at radius 2 is 2.14 bits per heavy atom. The molecule has 1 aliphatic heterocycles. The van der Waals surface area contributed by atoms with Gasteiger partial charge in [0.15, 0.2) is 0 Å². The molecular formula is C13H12N4O3S. The lowest BCUT2D eigenvalue weighted by Crippen LogP contribution is -2.45. The number of aryl methyl sites for hydroxylation is 1. The lowest BCUT2D eigenvalue weighted by Gasteiger charge is -2.22. The maximum absolute atomic E-state index is 12.4. The molecule has 0 bridgehead atoms. The zero-order valence-corrected chi connectivity index (χ0v) is 11.9. The van der Waals surface area contributed by atoms with Gasteiger partial charge in [0.05, 0.1) is 0 Å². The van der Waals surface area contributed by atoms with E-state index in [1.165, 1.54) is 16.2 Å².